The van der Waals surface area contributed by atoms with E-state index in [0.29, 0.717) is 0 Å². The van der Waals surface area contributed by atoms with Gasteiger partial charge in [0.05, 0.1) is 5.52 Å². The molecule has 1 heterocycles. The summed E-state index contributed by atoms with van der Waals surface area (Å²) in [6.07, 6.45) is 1.51. The maximum absolute atomic E-state index is 12.9. The molecular weight excluding hydrogens is 356 g/mol. The van der Waals surface area contributed by atoms with Crippen molar-refractivity contribution in [1.29, 1.82) is 0 Å². The second kappa shape index (κ2) is 5.08. The molecule has 0 aliphatic carbocycles. The molecule has 0 unspecified atom stereocenters. The number of hydrogen-bond acceptors (Lipinski definition) is 3. The van der Waals surface area contributed by atoms with E-state index in [1.165, 1.54) is 18.5 Å². The lowest BCUT2D eigenvalue weighted by Crippen LogP contribution is -1.96. The first-order valence-corrected chi connectivity index (χ1v) is 6.73. The Hall–Kier alpha value is -1.76. The zero-order valence-corrected chi connectivity index (χ0v) is 11.9. The summed E-state index contributed by atoms with van der Waals surface area (Å²) in [5.41, 5.74) is 1.67. The molecule has 3 nitrogen and oxygen atoms in total. The van der Waals surface area contributed by atoms with Crippen LogP contribution in [-0.2, 0) is 0 Å². The quantitative estimate of drug-likeness (QED) is 0.695. The minimum absolute atomic E-state index is 0.257. The van der Waals surface area contributed by atoms with Gasteiger partial charge in [0.2, 0.25) is 0 Å². The van der Waals surface area contributed by atoms with Crippen LogP contribution in [0.3, 0.4) is 0 Å². The van der Waals surface area contributed by atoms with Crippen molar-refractivity contribution in [3.63, 3.8) is 0 Å². The maximum Gasteiger partial charge on any atom is 0.141 e. The van der Waals surface area contributed by atoms with E-state index < -0.39 is 0 Å². The van der Waals surface area contributed by atoms with E-state index in [9.17, 15) is 4.39 Å². The molecule has 0 spiro atoms. The van der Waals surface area contributed by atoms with Crippen LogP contribution < -0.4 is 5.32 Å². The molecule has 0 radical (unpaired) electrons. The predicted octanol–water partition coefficient (Wildman–Crippen LogP) is 4.12. The van der Waals surface area contributed by atoms with Crippen molar-refractivity contribution in [2.24, 2.45) is 0 Å². The van der Waals surface area contributed by atoms with Gasteiger partial charge in [-0.15, -0.1) is 0 Å². The predicted molar refractivity (Wildman–Crippen MR) is 81.9 cm³/mol. The van der Waals surface area contributed by atoms with Crippen LogP contribution in [0.1, 0.15) is 0 Å². The van der Waals surface area contributed by atoms with Gasteiger partial charge in [-0.05, 0) is 65.1 Å². The molecule has 0 atom stereocenters. The third-order valence-corrected chi connectivity index (χ3v) is 3.38. The van der Waals surface area contributed by atoms with Crippen LogP contribution in [0.15, 0.2) is 48.8 Å². The number of nitrogens with one attached hydrogen (secondary N) is 1. The highest BCUT2D eigenvalue weighted by atomic mass is 127. The molecule has 3 rings (SSSR count). The standard InChI is InChI=1S/C14H9FIN3/c15-9-1-4-11(5-2-9)19-14-12-7-10(16)3-6-13(12)17-8-18-14/h1-8H,(H,17,18,19). The largest absolute Gasteiger partial charge is 0.340 e. The number of nitrogens with zero attached hydrogens (tertiary/aromatic N) is 2. The number of halogens is 2. The molecule has 0 aliphatic rings. The zero-order valence-electron chi connectivity index (χ0n) is 9.77. The Morgan fingerprint density at radius 2 is 1.79 bits per heavy atom. The SMILES string of the molecule is Fc1ccc(Nc2ncnc3ccc(I)cc23)cc1. The fourth-order valence-corrected chi connectivity index (χ4v) is 2.29. The van der Waals surface area contributed by atoms with E-state index in [1.54, 1.807) is 12.1 Å². The molecule has 0 aliphatic heterocycles. The summed E-state index contributed by atoms with van der Waals surface area (Å²) in [5, 5.41) is 4.12. The number of fused-ring (bicyclic) bond motifs is 1. The summed E-state index contributed by atoms with van der Waals surface area (Å²) in [6, 6.07) is 12.1. The van der Waals surface area contributed by atoms with Crippen molar-refractivity contribution in [2.45, 2.75) is 0 Å². The Balaban J connectivity index is 2.05. The monoisotopic (exact) mass is 365 g/mol. The molecule has 3 aromatic rings. The summed E-state index contributed by atoms with van der Waals surface area (Å²) in [7, 11) is 0. The van der Waals surface area contributed by atoms with Crippen LogP contribution in [-0.4, -0.2) is 9.97 Å². The molecule has 1 aromatic heterocycles. The second-order valence-corrected chi connectivity index (χ2v) is 5.26. The van der Waals surface area contributed by atoms with Crippen LogP contribution in [0.4, 0.5) is 15.9 Å². The Bertz CT molecular complexity index is 728. The minimum atomic E-state index is -0.257. The van der Waals surface area contributed by atoms with Crippen molar-refractivity contribution < 1.29 is 4.39 Å². The lowest BCUT2D eigenvalue weighted by atomic mass is 10.2. The van der Waals surface area contributed by atoms with Gasteiger partial charge in [-0.1, -0.05) is 0 Å². The van der Waals surface area contributed by atoms with Gasteiger partial charge in [-0.25, -0.2) is 14.4 Å². The normalized spacial score (nSPS) is 10.6. The molecule has 5 heteroatoms. The third-order valence-electron chi connectivity index (χ3n) is 2.70. The average molecular weight is 365 g/mol. The van der Waals surface area contributed by atoms with E-state index in [0.717, 1.165) is 26.0 Å². The molecule has 0 saturated carbocycles. The molecule has 0 fully saturated rings. The summed E-state index contributed by atoms with van der Waals surface area (Å²) in [4.78, 5) is 8.47. The van der Waals surface area contributed by atoms with Gasteiger partial charge in [0.25, 0.3) is 0 Å². The van der Waals surface area contributed by atoms with Crippen LogP contribution in [0.5, 0.6) is 0 Å². The fraction of sp³-hybridized carbons (Fsp3) is 0. The molecule has 94 valence electrons. The van der Waals surface area contributed by atoms with Crippen molar-refractivity contribution in [2.75, 3.05) is 5.32 Å². The Morgan fingerprint density at radius 1 is 1.00 bits per heavy atom. The average Bonchev–Trinajstić information content (AvgIpc) is 2.42. The van der Waals surface area contributed by atoms with Crippen LogP contribution >= 0.6 is 22.6 Å². The minimum Gasteiger partial charge on any atom is -0.340 e. The van der Waals surface area contributed by atoms with Crippen LogP contribution in [0.2, 0.25) is 0 Å². The summed E-state index contributed by atoms with van der Waals surface area (Å²) in [5.74, 6) is 0.461. The van der Waals surface area contributed by atoms with Gasteiger partial charge in [-0.2, -0.15) is 0 Å². The molecule has 0 bridgehead atoms. The van der Waals surface area contributed by atoms with E-state index in [4.69, 9.17) is 0 Å². The fourth-order valence-electron chi connectivity index (χ4n) is 1.80. The number of rotatable bonds is 2. The number of benzene rings is 2. The third kappa shape index (κ3) is 2.65. The molecule has 0 saturated heterocycles. The Kier molecular flexibility index (Phi) is 3.29. The summed E-state index contributed by atoms with van der Waals surface area (Å²) >= 11 is 2.25. The van der Waals surface area contributed by atoms with Crippen molar-refractivity contribution >= 4 is 45.0 Å². The van der Waals surface area contributed by atoms with Crippen molar-refractivity contribution in [3.05, 3.63) is 58.2 Å². The van der Waals surface area contributed by atoms with Gasteiger partial charge in [0.15, 0.2) is 0 Å². The highest BCUT2D eigenvalue weighted by Crippen LogP contribution is 2.24. The lowest BCUT2D eigenvalue weighted by molar-refractivity contribution is 0.628. The van der Waals surface area contributed by atoms with Gasteiger partial charge < -0.3 is 5.32 Å². The van der Waals surface area contributed by atoms with Crippen LogP contribution in [0, 0.1) is 9.39 Å². The number of hydrogen-bond donors (Lipinski definition) is 1. The second-order valence-electron chi connectivity index (χ2n) is 4.02. The molecule has 19 heavy (non-hydrogen) atoms. The molecule has 2 aromatic carbocycles. The number of anilines is 2. The topological polar surface area (TPSA) is 37.8 Å². The Labute approximate surface area is 123 Å². The van der Waals surface area contributed by atoms with Gasteiger partial charge in [0, 0.05) is 14.6 Å². The molecular formula is C14H9FIN3. The molecule has 0 amide bonds. The highest BCUT2D eigenvalue weighted by Gasteiger charge is 2.04. The van der Waals surface area contributed by atoms with Gasteiger partial charge >= 0.3 is 0 Å². The first-order chi connectivity index (χ1) is 9.22. The van der Waals surface area contributed by atoms with E-state index >= 15 is 0 Å². The van der Waals surface area contributed by atoms with E-state index in [-0.39, 0.29) is 5.82 Å². The van der Waals surface area contributed by atoms with Crippen molar-refractivity contribution in [1.82, 2.24) is 9.97 Å². The van der Waals surface area contributed by atoms with E-state index in [2.05, 4.69) is 37.9 Å². The molecule has 1 N–H and O–H groups in total. The Morgan fingerprint density at radius 3 is 2.58 bits per heavy atom. The number of aromatic nitrogens is 2. The first-order valence-electron chi connectivity index (χ1n) is 5.65. The first kappa shape index (κ1) is 12.3. The van der Waals surface area contributed by atoms with Gasteiger partial charge in [0.1, 0.15) is 18.0 Å². The smallest absolute Gasteiger partial charge is 0.141 e. The maximum atomic E-state index is 12.9. The highest BCUT2D eigenvalue weighted by molar-refractivity contribution is 14.1. The van der Waals surface area contributed by atoms with Crippen molar-refractivity contribution in [3.8, 4) is 0 Å². The summed E-state index contributed by atoms with van der Waals surface area (Å²) in [6.45, 7) is 0. The zero-order chi connectivity index (χ0) is 13.2. The van der Waals surface area contributed by atoms with E-state index in [1.807, 2.05) is 18.2 Å². The lowest BCUT2D eigenvalue weighted by Gasteiger charge is -2.08. The van der Waals surface area contributed by atoms with Crippen LogP contribution in [0.25, 0.3) is 10.9 Å². The summed E-state index contributed by atoms with van der Waals surface area (Å²) < 4.78 is 14.0. The van der Waals surface area contributed by atoms with Gasteiger partial charge in [-0.3, -0.25) is 0 Å².